The van der Waals surface area contributed by atoms with Crippen LogP contribution in [0.3, 0.4) is 0 Å². The van der Waals surface area contributed by atoms with Gasteiger partial charge in [-0.1, -0.05) is 25.1 Å². The largest absolute Gasteiger partial charge is 0.382 e. The first-order valence-electron chi connectivity index (χ1n) is 10.9. The number of carbonyl (C=O) groups excluding carboxylic acids is 1. The van der Waals surface area contributed by atoms with Crippen molar-refractivity contribution in [2.75, 3.05) is 13.7 Å². The van der Waals surface area contributed by atoms with Gasteiger partial charge < -0.3 is 15.4 Å². The van der Waals surface area contributed by atoms with Gasteiger partial charge in [0.15, 0.2) is 6.17 Å². The van der Waals surface area contributed by atoms with Crippen LogP contribution in [-0.4, -0.2) is 41.1 Å². The van der Waals surface area contributed by atoms with E-state index in [1.165, 1.54) is 0 Å². The topological polar surface area (TPSA) is 92.9 Å². The van der Waals surface area contributed by atoms with Crippen LogP contribution in [0.25, 0.3) is 11.3 Å². The number of hydrogen-bond acceptors (Lipinski definition) is 6. The molecule has 5 rings (SSSR count). The predicted molar refractivity (Wildman–Crippen MR) is 121 cm³/mol. The molecule has 3 atom stereocenters. The molecule has 166 valence electrons. The summed E-state index contributed by atoms with van der Waals surface area (Å²) in [6.07, 6.45) is 4.69. The lowest BCUT2D eigenvalue weighted by molar-refractivity contribution is -0.121. The van der Waals surface area contributed by atoms with Crippen LogP contribution in [0.4, 0.5) is 0 Å². The van der Waals surface area contributed by atoms with E-state index < -0.39 is 11.0 Å². The molecule has 4 heterocycles. The van der Waals surface area contributed by atoms with E-state index in [0.717, 1.165) is 33.7 Å². The number of carbonyl (C=O) groups is 1. The van der Waals surface area contributed by atoms with Crippen LogP contribution in [0.5, 0.6) is 0 Å². The van der Waals surface area contributed by atoms with E-state index in [1.54, 1.807) is 13.3 Å². The molecule has 0 aliphatic carbocycles. The van der Waals surface area contributed by atoms with Gasteiger partial charge in [-0.05, 0) is 31.0 Å². The molecule has 3 aliphatic heterocycles. The van der Waals surface area contributed by atoms with Crippen molar-refractivity contribution in [3.63, 3.8) is 0 Å². The molecule has 1 amide bonds. The zero-order valence-electron chi connectivity index (χ0n) is 18.8. The van der Waals surface area contributed by atoms with Crippen molar-refractivity contribution in [3.05, 3.63) is 65.1 Å². The van der Waals surface area contributed by atoms with Gasteiger partial charge in [0.1, 0.15) is 0 Å². The molecule has 1 aromatic heterocycles. The second kappa shape index (κ2) is 7.41. The number of aryl methyl sites for hydroxylation is 1. The molecule has 32 heavy (non-hydrogen) atoms. The Bertz CT molecular complexity index is 1180. The van der Waals surface area contributed by atoms with Crippen LogP contribution >= 0.6 is 0 Å². The zero-order chi connectivity index (χ0) is 22.5. The van der Waals surface area contributed by atoms with Gasteiger partial charge in [0, 0.05) is 43.6 Å². The Hall–Kier alpha value is -3.26. The fourth-order valence-corrected chi connectivity index (χ4v) is 5.53. The third kappa shape index (κ3) is 2.93. The van der Waals surface area contributed by atoms with Gasteiger partial charge in [-0.2, -0.15) is 15.3 Å². The fraction of sp³-hybridized carbons (Fsp3) is 0.417. The van der Waals surface area contributed by atoms with Crippen LogP contribution in [0.1, 0.15) is 32.3 Å². The summed E-state index contributed by atoms with van der Waals surface area (Å²) in [4.78, 5) is 13.7. The highest BCUT2D eigenvalue weighted by atomic mass is 16.5. The van der Waals surface area contributed by atoms with E-state index in [-0.39, 0.29) is 12.1 Å². The fourth-order valence-electron chi connectivity index (χ4n) is 5.53. The van der Waals surface area contributed by atoms with E-state index in [9.17, 15) is 4.79 Å². The standard InChI is InChI=1S/C24H28N6O2/c1-5-24(16-8-6-7-15(11-16)19-9-10-26-30(19)3)17-13-25-29-21(17)27-18-12-23(2,14-32-4)28-22(31)20(18)24/h6-11,13,21,27H,5,12,14H2,1-4H3,(H,28,31)/t21?,23-,24+/m0/s1. The molecule has 8 nitrogen and oxygen atoms in total. The van der Waals surface area contributed by atoms with E-state index in [1.807, 2.05) is 37.0 Å². The Morgan fingerprint density at radius 2 is 2.16 bits per heavy atom. The third-order valence-corrected chi connectivity index (χ3v) is 6.88. The van der Waals surface area contributed by atoms with Gasteiger partial charge in [-0.3, -0.25) is 9.48 Å². The first kappa shape index (κ1) is 20.6. The van der Waals surface area contributed by atoms with E-state index in [2.05, 4.69) is 51.1 Å². The zero-order valence-corrected chi connectivity index (χ0v) is 18.8. The molecule has 1 aromatic carbocycles. The molecule has 2 aromatic rings. The quantitative estimate of drug-likeness (QED) is 0.759. The minimum Gasteiger partial charge on any atom is -0.382 e. The summed E-state index contributed by atoms with van der Waals surface area (Å²) in [5, 5.41) is 19.7. The van der Waals surface area contributed by atoms with Crippen LogP contribution < -0.4 is 10.6 Å². The number of aromatic nitrogens is 2. The number of azo groups is 1. The maximum atomic E-state index is 13.7. The van der Waals surface area contributed by atoms with Gasteiger partial charge in [0.05, 0.1) is 35.0 Å². The molecule has 0 saturated heterocycles. The minimum absolute atomic E-state index is 0.0719. The summed E-state index contributed by atoms with van der Waals surface area (Å²) in [5.74, 6) is -0.0719. The van der Waals surface area contributed by atoms with Crippen molar-refractivity contribution in [1.29, 1.82) is 0 Å². The molecule has 1 unspecified atom stereocenters. The van der Waals surface area contributed by atoms with Crippen molar-refractivity contribution in [2.45, 2.75) is 43.8 Å². The maximum absolute atomic E-state index is 13.7. The number of fused-ring (bicyclic) bond motifs is 1. The monoisotopic (exact) mass is 432 g/mol. The van der Waals surface area contributed by atoms with Crippen LogP contribution in [0.2, 0.25) is 0 Å². The Morgan fingerprint density at radius 3 is 2.88 bits per heavy atom. The normalized spacial score (nSPS) is 28.7. The molecular formula is C24H28N6O2. The van der Waals surface area contributed by atoms with Crippen LogP contribution in [0.15, 0.2) is 69.8 Å². The van der Waals surface area contributed by atoms with Crippen LogP contribution in [0, 0.1) is 0 Å². The number of ether oxygens (including phenoxy) is 1. The summed E-state index contributed by atoms with van der Waals surface area (Å²) in [5.41, 5.74) is 4.71. The Labute approximate surface area is 187 Å². The summed E-state index contributed by atoms with van der Waals surface area (Å²) in [6.45, 7) is 4.57. The number of nitrogens with zero attached hydrogens (tertiary/aromatic N) is 4. The highest BCUT2D eigenvalue weighted by molar-refractivity contribution is 6.00. The summed E-state index contributed by atoms with van der Waals surface area (Å²) < 4.78 is 7.26. The number of hydrogen-bond donors (Lipinski definition) is 2. The van der Waals surface area contributed by atoms with Gasteiger partial charge in [-0.15, -0.1) is 0 Å². The second-order valence-electron chi connectivity index (χ2n) is 9.02. The number of methoxy groups -OCH3 is 1. The molecule has 0 bridgehead atoms. The van der Waals surface area contributed by atoms with Gasteiger partial charge in [-0.25, -0.2) is 0 Å². The Kier molecular flexibility index (Phi) is 4.78. The SMILES string of the molecule is CC[C@@]1(c2cccc(-c3ccnn3C)c2)C2=CN=NC2NC2=C1C(=O)N[C@](C)(COC)C2. The van der Waals surface area contributed by atoms with Gasteiger partial charge in [0.2, 0.25) is 0 Å². The van der Waals surface area contributed by atoms with Crippen molar-refractivity contribution < 1.29 is 9.53 Å². The smallest absolute Gasteiger partial charge is 0.250 e. The average Bonchev–Trinajstić information content (AvgIpc) is 3.41. The Morgan fingerprint density at radius 1 is 1.31 bits per heavy atom. The van der Waals surface area contributed by atoms with E-state index in [4.69, 9.17) is 4.74 Å². The maximum Gasteiger partial charge on any atom is 0.250 e. The van der Waals surface area contributed by atoms with Crippen molar-refractivity contribution in [2.24, 2.45) is 17.3 Å². The van der Waals surface area contributed by atoms with Gasteiger partial charge in [0.25, 0.3) is 5.91 Å². The average molecular weight is 433 g/mol. The molecular weight excluding hydrogens is 404 g/mol. The molecule has 0 spiro atoms. The third-order valence-electron chi connectivity index (χ3n) is 6.88. The van der Waals surface area contributed by atoms with Crippen molar-refractivity contribution >= 4 is 5.91 Å². The van der Waals surface area contributed by atoms with E-state index in [0.29, 0.717) is 19.4 Å². The lowest BCUT2D eigenvalue weighted by atomic mass is 9.62. The lowest BCUT2D eigenvalue weighted by Crippen LogP contribution is -2.60. The first-order chi connectivity index (χ1) is 15.4. The van der Waals surface area contributed by atoms with Crippen molar-refractivity contribution in [3.8, 4) is 11.3 Å². The van der Waals surface area contributed by atoms with Crippen molar-refractivity contribution in [1.82, 2.24) is 20.4 Å². The molecule has 0 radical (unpaired) electrons. The predicted octanol–water partition coefficient (Wildman–Crippen LogP) is 3.19. The molecule has 0 saturated carbocycles. The summed E-state index contributed by atoms with van der Waals surface area (Å²) in [7, 11) is 3.59. The first-order valence-corrected chi connectivity index (χ1v) is 10.9. The van der Waals surface area contributed by atoms with Gasteiger partial charge >= 0.3 is 0 Å². The number of amides is 1. The lowest BCUT2D eigenvalue weighted by Gasteiger charge is -2.48. The highest BCUT2D eigenvalue weighted by Gasteiger charge is 2.53. The molecule has 0 fully saturated rings. The Balaban J connectivity index is 1.71. The number of benzene rings is 1. The minimum atomic E-state index is -0.623. The molecule has 3 aliphatic rings. The van der Waals surface area contributed by atoms with Crippen LogP contribution in [-0.2, 0) is 22.0 Å². The molecule has 8 heteroatoms. The summed E-state index contributed by atoms with van der Waals surface area (Å²) in [6, 6.07) is 10.4. The van der Waals surface area contributed by atoms with E-state index >= 15 is 0 Å². The second-order valence-corrected chi connectivity index (χ2v) is 9.02. The number of rotatable bonds is 5. The summed E-state index contributed by atoms with van der Waals surface area (Å²) >= 11 is 0. The molecule has 2 N–H and O–H groups in total. The highest BCUT2D eigenvalue weighted by Crippen LogP contribution is 2.51. The number of nitrogens with one attached hydrogen (secondary N) is 2.